The highest BCUT2D eigenvalue weighted by Crippen LogP contribution is 2.51. The Bertz CT molecular complexity index is 1000. The molecule has 7 heteroatoms. The van der Waals surface area contributed by atoms with Crippen molar-refractivity contribution >= 4 is 17.3 Å². The van der Waals surface area contributed by atoms with Gasteiger partial charge in [-0.05, 0) is 43.2 Å². The molecule has 2 atom stereocenters. The second-order valence-corrected chi connectivity index (χ2v) is 9.41. The predicted molar refractivity (Wildman–Crippen MR) is 125 cm³/mol. The Morgan fingerprint density at radius 1 is 0.939 bits per heavy atom. The summed E-state index contributed by atoms with van der Waals surface area (Å²) in [5.74, 6) is -0.467. The second-order valence-electron chi connectivity index (χ2n) is 9.41. The fourth-order valence-corrected chi connectivity index (χ4v) is 5.68. The second kappa shape index (κ2) is 8.31. The van der Waals surface area contributed by atoms with Crippen LogP contribution in [-0.4, -0.2) is 63.0 Å². The molecular weight excluding hydrogens is 418 g/mol. The van der Waals surface area contributed by atoms with Crippen molar-refractivity contribution in [2.75, 3.05) is 49.8 Å². The molecule has 1 aliphatic carbocycles. The average molecular weight is 450 g/mol. The normalized spacial score (nSPS) is 26.5. The molecular formula is C26H31N3O4. The molecule has 1 saturated carbocycles. The van der Waals surface area contributed by atoms with Gasteiger partial charge in [-0.3, -0.25) is 14.6 Å². The van der Waals surface area contributed by atoms with Crippen LogP contribution >= 0.6 is 0 Å². The third-order valence-corrected chi connectivity index (χ3v) is 7.50. The van der Waals surface area contributed by atoms with Crippen LogP contribution in [0.15, 0.2) is 48.5 Å². The zero-order valence-corrected chi connectivity index (χ0v) is 19.1. The number of anilines is 2. The molecule has 0 unspecified atom stereocenters. The van der Waals surface area contributed by atoms with Crippen LogP contribution < -0.4 is 14.5 Å². The van der Waals surface area contributed by atoms with Gasteiger partial charge in [-0.1, -0.05) is 31.0 Å². The highest BCUT2D eigenvalue weighted by Gasteiger charge is 2.61. The number of methoxy groups -OCH3 is 1. The van der Waals surface area contributed by atoms with Crippen molar-refractivity contribution in [1.29, 1.82) is 0 Å². The van der Waals surface area contributed by atoms with Crippen LogP contribution in [0.1, 0.15) is 31.2 Å². The summed E-state index contributed by atoms with van der Waals surface area (Å²) in [6, 6.07) is 16.2. The van der Waals surface area contributed by atoms with Crippen LogP contribution in [0.3, 0.4) is 0 Å². The minimum atomic E-state index is -1.26. The molecule has 4 aliphatic rings. The van der Waals surface area contributed by atoms with E-state index in [4.69, 9.17) is 14.2 Å². The highest BCUT2D eigenvalue weighted by molar-refractivity contribution is 6.06. The van der Waals surface area contributed by atoms with E-state index >= 15 is 0 Å². The largest absolute Gasteiger partial charge is 0.497 e. The maximum atomic E-state index is 13.8. The summed E-state index contributed by atoms with van der Waals surface area (Å²) in [5, 5.41) is 0. The summed E-state index contributed by atoms with van der Waals surface area (Å²) in [7, 11) is 1.69. The maximum Gasteiger partial charge on any atom is 0.293 e. The fraction of sp³-hybridized carbons (Fsp3) is 0.500. The number of amides is 1. The molecule has 0 bridgehead atoms. The summed E-state index contributed by atoms with van der Waals surface area (Å²) < 4.78 is 18.1. The lowest BCUT2D eigenvalue weighted by Gasteiger charge is -2.38. The van der Waals surface area contributed by atoms with Gasteiger partial charge in [-0.15, -0.1) is 0 Å². The van der Waals surface area contributed by atoms with E-state index in [0.717, 1.165) is 68.9 Å². The molecule has 2 saturated heterocycles. The van der Waals surface area contributed by atoms with Crippen molar-refractivity contribution in [2.45, 2.75) is 43.7 Å². The number of hydrogen-bond acceptors (Lipinski definition) is 6. The molecule has 3 heterocycles. The number of benzene rings is 2. The monoisotopic (exact) mass is 449 g/mol. The Morgan fingerprint density at radius 3 is 2.27 bits per heavy atom. The number of carbonyl (C=O) groups excluding carboxylic acids is 1. The van der Waals surface area contributed by atoms with E-state index in [1.165, 1.54) is 5.69 Å². The van der Waals surface area contributed by atoms with Gasteiger partial charge in [0.15, 0.2) is 0 Å². The van der Waals surface area contributed by atoms with Gasteiger partial charge in [-0.25, -0.2) is 0 Å². The van der Waals surface area contributed by atoms with E-state index in [1.54, 1.807) is 7.11 Å². The summed E-state index contributed by atoms with van der Waals surface area (Å²) in [6.07, 6.45) is 4.24. The number of carbonyl (C=O) groups is 1. The standard InChI is InChI=1S/C26H31N3O4/c1-31-20-12-10-19(11-13-20)28-16-14-27(15-17-28)18-29-22-7-3-2-6-21(22)26(25(29)30)32-23-8-4-5-9-24(23)33-26/h2-3,6-7,10-13,23-24H,4-5,8-9,14-18H2,1H3/t23-,24-/m1/s1. The minimum absolute atomic E-state index is 0.0174. The van der Waals surface area contributed by atoms with Crippen LogP contribution in [0.4, 0.5) is 11.4 Å². The first-order chi connectivity index (χ1) is 16.2. The van der Waals surface area contributed by atoms with Crippen LogP contribution in [0, 0.1) is 0 Å². The number of para-hydroxylation sites is 1. The lowest BCUT2D eigenvalue weighted by Crippen LogP contribution is -2.52. The molecule has 0 N–H and O–H groups in total. The zero-order chi connectivity index (χ0) is 22.4. The topological polar surface area (TPSA) is 54.5 Å². The lowest BCUT2D eigenvalue weighted by atomic mass is 9.95. The number of rotatable bonds is 4. The molecule has 1 spiro atoms. The van der Waals surface area contributed by atoms with Crippen LogP contribution in [0.25, 0.3) is 0 Å². The van der Waals surface area contributed by atoms with Gasteiger partial charge in [-0.2, -0.15) is 0 Å². The Kier molecular flexibility index (Phi) is 5.28. The van der Waals surface area contributed by atoms with Gasteiger partial charge in [0.05, 0.1) is 31.7 Å². The smallest absolute Gasteiger partial charge is 0.293 e. The molecule has 1 amide bonds. The molecule has 2 aromatic rings. The predicted octanol–water partition coefficient (Wildman–Crippen LogP) is 3.33. The van der Waals surface area contributed by atoms with E-state index in [1.807, 2.05) is 41.3 Å². The summed E-state index contributed by atoms with van der Waals surface area (Å²) >= 11 is 0. The van der Waals surface area contributed by atoms with Crippen molar-refractivity contribution in [3.63, 3.8) is 0 Å². The van der Waals surface area contributed by atoms with E-state index in [9.17, 15) is 4.79 Å². The Hall–Kier alpha value is -2.61. The SMILES string of the molecule is COc1ccc(N2CCN(CN3C(=O)C4(O[C@@H]5CCCC[C@H]5O4)c4ccccc43)CC2)cc1. The molecule has 2 aromatic carbocycles. The summed E-state index contributed by atoms with van der Waals surface area (Å²) in [6.45, 7) is 4.16. The highest BCUT2D eigenvalue weighted by atomic mass is 16.8. The van der Waals surface area contributed by atoms with Crippen LogP contribution in [0.5, 0.6) is 5.75 Å². The van der Waals surface area contributed by atoms with Crippen molar-refractivity contribution < 1.29 is 19.0 Å². The number of ether oxygens (including phenoxy) is 3. The van der Waals surface area contributed by atoms with E-state index in [0.29, 0.717) is 6.67 Å². The Labute approximate surface area is 194 Å². The van der Waals surface area contributed by atoms with Gasteiger partial charge in [0.2, 0.25) is 0 Å². The van der Waals surface area contributed by atoms with Crippen LogP contribution in [-0.2, 0) is 20.1 Å². The van der Waals surface area contributed by atoms with Crippen molar-refractivity contribution in [3.05, 3.63) is 54.1 Å². The van der Waals surface area contributed by atoms with Crippen molar-refractivity contribution in [1.82, 2.24) is 4.90 Å². The molecule has 174 valence electrons. The summed E-state index contributed by atoms with van der Waals surface area (Å²) in [5.41, 5.74) is 2.98. The third-order valence-electron chi connectivity index (χ3n) is 7.50. The quantitative estimate of drug-likeness (QED) is 0.714. The zero-order valence-electron chi connectivity index (χ0n) is 19.1. The number of hydrogen-bond donors (Lipinski definition) is 0. The Morgan fingerprint density at radius 2 is 1.61 bits per heavy atom. The maximum absolute atomic E-state index is 13.8. The van der Waals surface area contributed by atoms with E-state index in [2.05, 4.69) is 21.9 Å². The van der Waals surface area contributed by atoms with E-state index in [-0.39, 0.29) is 18.1 Å². The number of piperazine rings is 1. The first kappa shape index (κ1) is 21.0. The molecule has 6 rings (SSSR count). The van der Waals surface area contributed by atoms with Gasteiger partial charge < -0.3 is 19.1 Å². The van der Waals surface area contributed by atoms with Crippen molar-refractivity contribution in [2.24, 2.45) is 0 Å². The van der Waals surface area contributed by atoms with E-state index < -0.39 is 5.79 Å². The van der Waals surface area contributed by atoms with Gasteiger partial charge in [0, 0.05) is 37.4 Å². The van der Waals surface area contributed by atoms with Gasteiger partial charge in [0.25, 0.3) is 11.7 Å². The molecule has 3 aliphatic heterocycles. The molecule has 7 nitrogen and oxygen atoms in total. The van der Waals surface area contributed by atoms with Crippen LogP contribution in [0.2, 0.25) is 0 Å². The molecule has 33 heavy (non-hydrogen) atoms. The molecule has 0 radical (unpaired) electrons. The number of nitrogens with zero attached hydrogens (tertiary/aromatic N) is 3. The fourth-order valence-electron chi connectivity index (χ4n) is 5.68. The summed E-state index contributed by atoms with van der Waals surface area (Å²) in [4.78, 5) is 20.4. The number of fused-ring (bicyclic) bond motifs is 3. The average Bonchev–Trinajstić information content (AvgIpc) is 3.37. The van der Waals surface area contributed by atoms with Crippen molar-refractivity contribution in [3.8, 4) is 5.75 Å². The lowest BCUT2D eigenvalue weighted by molar-refractivity contribution is -0.190. The minimum Gasteiger partial charge on any atom is -0.497 e. The Balaban J connectivity index is 1.17. The molecule has 3 fully saturated rings. The van der Waals surface area contributed by atoms with Gasteiger partial charge >= 0.3 is 0 Å². The third kappa shape index (κ3) is 3.50. The first-order valence-electron chi connectivity index (χ1n) is 12.1. The van der Waals surface area contributed by atoms with Gasteiger partial charge in [0.1, 0.15) is 5.75 Å². The first-order valence-corrected chi connectivity index (χ1v) is 12.1. The molecule has 0 aromatic heterocycles.